The molecule has 0 atom stereocenters. The average Bonchev–Trinajstić information content (AvgIpc) is 2.51. The van der Waals surface area contributed by atoms with Gasteiger partial charge < -0.3 is 0 Å². The normalized spacial score (nSPS) is 12.1. The summed E-state index contributed by atoms with van der Waals surface area (Å²) in [4.78, 5) is 8.99. The van der Waals surface area contributed by atoms with Crippen LogP contribution in [0.5, 0.6) is 0 Å². The van der Waals surface area contributed by atoms with Crippen LogP contribution in [0.25, 0.3) is 11.1 Å². The lowest BCUT2D eigenvalue weighted by Crippen LogP contribution is -1.95. The highest BCUT2D eigenvalue weighted by Crippen LogP contribution is 2.21. The molecular formula is C20H24N2. The van der Waals surface area contributed by atoms with E-state index in [4.69, 9.17) is 0 Å². The fraction of sp³-hybridized carbons (Fsp3) is 0.300. The summed E-state index contributed by atoms with van der Waals surface area (Å²) < 4.78 is 0. The van der Waals surface area contributed by atoms with Gasteiger partial charge in [-0.05, 0) is 68.1 Å². The van der Waals surface area contributed by atoms with Crippen molar-refractivity contribution in [1.29, 1.82) is 0 Å². The number of rotatable bonds is 5. The number of hydrogen-bond acceptors (Lipinski definition) is 2. The van der Waals surface area contributed by atoms with Gasteiger partial charge in [0.05, 0.1) is 0 Å². The quantitative estimate of drug-likeness (QED) is 0.692. The van der Waals surface area contributed by atoms with Crippen molar-refractivity contribution in [3.05, 3.63) is 59.7 Å². The van der Waals surface area contributed by atoms with Crippen LogP contribution in [0.3, 0.4) is 0 Å². The zero-order valence-electron chi connectivity index (χ0n) is 13.8. The maximum Gasteiger partial charge on any atom is 0.0443 e. The Bertz CT molecular complexity index is 616. The monoisotopic (exact) mass is 292 g/mol. The summed E-state index contributed by atoms with van der Waals surface area (Å²) in [5, 5.41) is 0. The van der Waals surface area contributed by atoms with Crippen molar-refractivity contribution in [3.8, 4) is 11.1 Å². The zero-order chi connectivity index (χ0) is 15.9. The second-order valence-electron chi connectivity index (χ2n) is 6.00. The topological polar surface area (TPSA) is 24.7 Å². The van der Waals surface area contributed by atoms with Gasteiger partial charge in [-0.3, -0.25) is 9.98 Å². The summed E-state index contributed by atoms with van der Waals surface area (Å²) in [5.74, 6) is 0. The first-order chi connectivity index (χ1) is 10.5. The Morgan fingerprint density at radius 3 is 1.64 bits per heavy atom. The standard InChI is InChI=1S/C20H24N2/c1-15(2)21-13-17-10-18(14-22-16(3)4)12-20(11-17)19-8-6-5-7-9-19/h5-16H,1-4H3/b21-13+,22-14+. The molecule has 0 fully saturated rings. The minimum absolute atomic E-state index is 0.299. The summed E-state index contributed by atoms with van der Waals surface area (Å²) in [6.07, 6.45) is 3.90. The van der Waals surface area contributed by atoms with Gasteiger partial charge in [0.2, 0.25) is 0 Å². The minimum Gasteiger partial charge on any atom is -0.290 e. The van der Waals surface area contributed by atoms with Crippen molar-refractivity contribution < 1.29 is 0 Å². The van der Waals surface area contributed by atoms with Crippen molar-refractivity contribution in [3.63, 3.8) is 0 Å². The molecule has 2 aromatic rings. The van der Waals surface area contributed by atoms with E-state index >= 15 is 0 Å². The van der Waals surface area contributed by atoms with Crippen LogP contribution in [0, 0.1) is 0 Å². The minimum atomic E-state index is 0.299. The largest absolute Gasteiger partial charge is 0.290 e. The Labute approximate surface area is 133 Å². The Morgan fingerprint density at radius 2 is 1.18 bits per heavy atom. The van der Waals surface area contributed by atoms with Crippen molar-refractivity contribution >= 4 is 12.4 Å². The van der Waals surface area contributed by atoms with Crippen molar-refractivity contribution in [2.75, 3.05) is 0 Å². The molecule has 0 amide bonds. The summed E-state index contributed by atoms with van der Waals surface area (Å²) in [6, 6.07) is 17.5. The van der Waals surface area contributed by atoms with Crippen LogP contribution in [0.1, 0.15) is 38.8 Å². The molecule has 0 aliphatic heterocycles. The lowest BCUT2D eigenvalue weighted by atomic mass is 10.0. The summed E-state index contributed by atoms with van der Waals surface area (Å²) in [7, 11) is 0. The highest BCUT2D eigenvalue weighted by molar-refractivity contribution is 5.89. The van der Waals surface area contributed by atoms with E-state index in [1.165, 1.54) is 11.1 Å². The van der Waals surface area contributed by atoms with Gasteiger partial charge in [0.15, 0.2) is 0 Å². The smallest absolute Gasteiger partial charge is 0.0443 e. The van der Waals surface area contributed by atoms with Gasteiger partial charge in [0.1, 0.15) is 0 Å². The van der Waals surface area contributed by atoms with Crippen molar-refractivity contribution in [2.24, 2.45) is 9.98 Å². The Balaban J connectivity index is 2.44. The first-order valence-corrected chi connectivity index (χ1v) is 7.81. The molecule has 0 aromatic heterocycles. The Morgan fingerprint density at radius 1 is 0.682 bits per heavy atom. The van der Waals surface area contributed by atoms with E-state index in [0.717, 1.165) is 11.1 Å². The van der Waals surface area contributed by atoms with Crippen LogP contribution in [0.15, 0.2) is 58.5 Å². The van der Waals surface area contributed by atoms with E-state index < -0.39 is 0 Å². The highest BCUT2D eigenvalue weighted by Gasteiger charge is 2.02. The van der Waals surface area contributed by atoms with E-state index in [2.05, 4.69) is 80.1 Å². The lowest BCUT2D eigenvalue weighted by molar-refractivity contribution is 0.841. The number of benzene rings is 2. The van der Waals surface area contributed by atoms with Crippen LogP contribution >= 0.6 is 0 Å². The molecule has 2 aromatic carbocycles. The Kier molecular flexibility index (Phi) is 5.65. The van der Waals surface area contributed by atoms with Gasteiger partial charge in [-0.2, -0.15) is 0 Å². The van der Waals surface area contributed by atoms with Crippen LogP contribution in [-0.2, 0) is 0 Å². The molecule has 0 aliphatic carbocycles. The molecule has 0 saturated heterocycles. The average molecular weight is 292 g/mol. The lowest BCUT2D eigenvalue weighted by Gasteiger charge is -2.06. The van der Waals surface area contributed by atoms with Gasteiger partial charge in [-0.15, -0.1) is 0 Å². The third-order valence-electron chi connectivity index (χ3n) is 3.13. The third-order valence-corrected chi connectivity index (χ3v) is 3.13. The SMILES string of the molecule is CC(C)/N=C/c1cc(/C=N/C(C)C)cc(-c2ccccc2)c1. The molecule has 114 valence electrons. The van der Waals surface area contributed by atoms with Gasteiger partial charge >= 0.3 is 0 Å². The molecule has 0 heterocycles. The number of nitrogens with zero attached hydrogens (tertiary/aromatic N) is 2. The molecule has 22 heavy (non-hydrogen) atoms. The third kappa shape index (κ3) is 4.96. The van der Waals surface area contributed by atoms with E-state index in [-0.39, 0.29) is 0 Å². The molecule has 0 spiro atoms. The molecule has 0 bridgehead atoms. The summed E-state index contributed by atoms with van der Waals surface area (Å²) >= 11 is 0. The summed E-state index contributed by atoms with van der Waals surface area (Å²) in [5.41, 5.74) is 4.63. The van der Waals surface area contributed by atoms with Crippen LogP contribution < -0.4 is 0 Å². The van der Waals surface area contributed by atoms with Gasteiger partial charge in [0, 0.05) is 24.5 Å². The first kappa shape index (κ1) is 16.2. The molecule has 2 heteroatoms. The van der Waals surface area contributed by atoms with E-state index in [1.807, 2.05) is 18.5 Å². The molecule has 2 nitrogen and oxygen atoms in total. The van der Waals surface area contributed by atoms with Crippen LogP contribution in [-0.4, -0.2) is 24.5 Å². The molecule has 0 radical (unpaired) electrons. The number of aliphatic imine (C=N–C) groups is 2. The van der Waals surface area contributed by atoms with Crippen LogP contribution in [0.2, 0.25) is 0 Å². The maximum absolute atomic E-state index is 4.50. The van der Waals surface area contributed by atoms with Gasteiger partial charge in [-0.1, -0.05) is 30.3 Å². The molecule has 0 N–H and O–H groups in total. The second-order valence-corrected chi connectivity index (χ2v) is 6.00. The molecular weight excluding hydrogens is 268 g/mol. The van der Waals surface area contributed by atoms with Crippen LogP contribution in [0.4, 0.5) is 0 Å². The fourth-order valence-electron chi connectivity index (χ4n) is 2.09. The van der Waals surface area contributed by atoms with E-state index in [1.54, 1.807) is 0 Å². The van der Waals surface area contributed by atoms with Crippen molar-refractivity contribution in [2.45, 2.75) is 39.8 Å². The first-order valence-electron chi connectivity index (χ1n) is 7.81. The fourth-order valence-corrected chi connectivity index (χ4v) is 2.09. The van der Waals surface area contributed by atoms with Gasteiger partial charge in [0.25, 0.3) is 0 Å². The zero-order valence-corrected chi connectivity index (χ0v) is 13.8. The van der Waals surface area contributed by atoms with E-state index in [0.29, 0.717) is 12.1 Å². The van der Waals surface area contributed by atoms with Crippen molar-refractivity contribution in [1.82, 2.24) is 0 Å². The highest BCUT2D eigenvalue weighted by atomic mass is 14.7. The predicted molar refractivity (Wildman–Crippen MR) is 97.3 cm³/mol. The maximum atomic E-state index is 4.50. The Hall–Kier alpha value is -2.22. The molecule has 0 unspecified atom stereocenters. The molecule has 0 saturated carbocycles. The number of hydrogen-bond donors (Lipinski definition) is 0. The predicted octanol–water partition coefficient (Wildman–Crippen LogP) is 5.01. The van der Waals surface area contributed by atoms with E-state index in [9.17, 15) is 0 Å². The second kappa shape index (κ2) is 7.69. The van der Waals surface area contributed by atoms with Gasteiger partial charge in [-0.25, -0.2) is 0 Å². The molecule has 0 aliphatic rings. The molecule has 2 rings (SSSR count). The summed E-state index contributed by atoms with van der Waals surface area (Å²) in [6.45, 7) is 8.33.